The van der Waals surface area contributed by atoms with Crippen molar-refractivity contribution in [1.29, 1.82) is 0 Å². The molecular weight excluding hydrogens is 1210 g/mol. The number of hydrogen-bond acceptors (Lipinski definition) is 5. The van der Waals surface area contributed by atoms with Gasteiger partial charge in [0, 0.05) is 72.6 Å². The molecule has 0 aliphatic carbocycles. The van der Waals surface area contributed by atoms with Crippen molar-refractivity contribution in [2.75, 3.05) is 14.7 Å². The Morgan fingerprint density at radius 1 is 0.482 bits per heavy atom. The van der Waals surface area contributed by atoms with Crippen molar-refractivity contribution in [3.63, 3.8) is 0 Å². The van der Waals surface area contributed by atoms with E-state index in [2.05, 4.69) is 131 Å². The fourth-order valence-corrected chi connectivity index (χ4v) is 17.9. The van der Waals surface area contributed by atoms with Crippen molar-refractivity contribution in [2.24, 2.45) is 0 Å². The first-order valence-corrected chi connectivity index (χ1v) is 29.7. The summed E-state index contributed by atoms with van der Waals surface area (Å²) in [4.78, 5) is 11.3. The minimum atomic E-state index is -3.07. The normalized spacial score (nSPS) is 15.3. The minimum absolute atomic E-state index is 0. The molecule has 0 atom stereocenters. The molecule has 11 aromatic rings. The van der Waals surface area contributed by atoms with E-state index >= 15 is 0 Å². The molecule has 0 radical (unpaired) electrons. The Kier molecular flexibility index (Phi) is 10.8. The van der Waals surface area contributed by atoms with Gasteiger partial charge in [-0.25, -0.2) is 4.98 Å². The summed E-state index contributed by atoms with van der Waals surface area (Å²) in [5.41, 5.74) is 12.4. The predicted octanol–water partition coefficient (Wildman–Crippen LogP) is 17.2. The summed E-state index contributed by atoms with van der Waals surface area (Å²) in [6.07, 6.45) is 1.89. The van der Waals surface area contributed by atoms with Crippen LogP contribution in [0.3, 0.4) is 0 Å². The number of nitrogens with zero attached hydrogens (tertiary/aromatic N) is 4. The van der Waals surface area contributed by atoms with Gasteiger partial charge in [-0.2, -0.15) is 12.1 Å². The Morgan fingerprint density at radius 2 is 1.07 bits per heavy atom. The van der Waals surface area contributed by atoms with Crippen molar-refractivity contribution in [3.05, 3.63) is 271 Å². The Labute approximate surface area is 518 Å². The second-order valence-electron chi connectivity index (χ2n) is 23.5. The van der Waals surface area contributed by atoms with Gasteiger partial charge >= 0.3 is 0 Å². The van der Waals surface area contributed by atoms with Crippen LogP contribution in [-0.4, -0.2) is 13.1 Å². The molecule has 3 aliphatic heterocycles. The van der Waals surface area contributed by atoms with Crippen molar-refractivity contribution < 1.29 is 39.5 Å². The maximum absolute atomic E-state index is 9.37. The third kappa shape index (κ3) is 9.15. The molecule has 5 nitrogen and oxygen atoms in total. The molecule has 0 unspecified atom stereocenters. The number of fused-ring (bicyclic) bond motifs is 10. The molecule has 0 saturated carbocycles. The second-order valence-corrected chi connectivity index (χ2v) is 27.2. The van der Waals surface area contributed by atoms with Crippen LogP contribution in [0, 0.1) is 32.6 Å². The zero-order valence-corrected chi connectivity index (χ0v) is 50.5. The van der Waals surface area contributed by atoms with Crippen LogP contribution in [0.4, 0.5) is 39.9 Å². The smallest absolute Gasteiger partial charge is 0.135 e. The number of ether oxygens (including phenoxy) is 1. The van der Waals surface area contributed by atoms with Crippen LogP contribution in [0.25, 0.3) is 44.5 Å². The minimum Gasteiger partial charge on any atom is -0.509 e. The maximum Gasteiger partial charge on any atom is 0.135 e. The van der Waals surface area contributed by atoms with Crippen LogP contribution < -0.4 is 40.2 Å². The molecule has 1 aromatic heterocycles. The number of anilines is 7. The van der Waals surface area contributed by atoms with E-state index in [1.54, 1.807) is 18.2 Å². The van der Waals surface area contributed by atoms with E-state index in [1.165, 1.54) is 43.0 Å². The molecule has 0 fully saturated rings. The molecule has 4 heterocycles. The molecule has 0 bridgehead atoms. The van der Waals surface area contributed by atoms with E-state index in [0.717, 1.165) is 34.0 Å². The zero-order valence-electron chi connectivity index (χ0n) is 57.3. The van der Waals surface area contributed by atoms with E-state index in [0.29, 0.717) is 50.8 Å². The van der Waals surface area contributed by atoms with Crippen LogP contribution in [0.5, 0.6) is 11.5 Å². The van der Waals surface area contributed by atoms with Crippen molar-refractivity contribution in [3.8, 4) is 56.0 Å². The van der Waals surface area contributed by atoms with Crippen molar-refractivity contribution in [1.82, 2.24) is 4.98 Å². The van der Waals surface area contributed by atoms with E-state index in [-0.39, 0.29) is 61.8 Å². The summed E-state index contributed by atoms with van der Waals surface area (Å²) in [7, 11) is -3.07. The second kappa shape index (κ2) is 20.7. The Balaban J connectivity index is 0.00000787. The Morgan fingerprint density at radius 3 is 1.75 bits per heavy atom. The van der Waals surface area contributed by atoms with Crippen molar-refractivity contribution >= 4 is 68.8 Å². The number of benzene rings is 10. The summed E-state index contributed by atoms with van der Waals surface area (Å²) < 4.78 is 95.9. The largest absolute Gasteiger partial charge is 0.509 e. The molecular formula is C76H63N4OPtSi-3. The first-order chi connectivity index (χ1) is 43.9. The summed E-state index contributed by atoms with van der Waals surface area (Å²) in [5.74, 6) is 1.65. The molecule has 0 amide bonds. The fraction of sp³-hybridized carbons (Fsp3) is 0.132. The maximum atomic E-state index is 9.37. The van der Waals surface area contributed by atoms with E-state index in [4.69, 9.17) is 20.7 Å². The van der Waals surface area contributed by atoms with Gasteiger partial charge in [0.25, 0.3) is 0 Å². The van der Waals surface area contributed by atoms with Gasteiger partial charge in [0.15, 0.2) is 0 Å². The number of rotatable bonds is 8. The van der Waals surface area contributed by atoms with Crippen molar-refractivity contribution in [2.45, 2.75) is 66.2 Å². The number of hydrogen-bond donors (Lipinski definition) is 0. The van der Waals surface area contributed by atoms with Gasteiger partial charge in [-0.1, -0.05) is 216 Å². The van der Waals surface area contributed by atoms with Crippen LogP contribution in [0.1, 0.15) is 77.5 Å². The van der Waals surface area contributed by atoms with Gasteiger partial charge in [-0.3, -0.25) is 0 Å². The summed E-state index contributed by atoms with van der Waals surface area (Å²) >= 11 is 0. The van der Waals surface area contributed by atoms with Gasteiger partial charge in [-0.15, -0.1) is 47.9 Å². The van der Waals surface area contributed by atoms with Crippen LogP contribution >= 0.6 is 0 Å². The third-order valence-electron chi connectivity index (χ3n) is 16.2. The molecule has 7 heteroatoms. The number of aryl methyl sites for hydroxylation is 2. The zero-order chi connectivity index (χ0) is 64.8. The average molecular weight is 1280 g/mol. The van der Waals surface area contributed by atoms with E-state index in [1.807, 2.05) is 110 Å². The third-order valence-corrected chi connectivity index (χ3v) is 21.1. The first-order valence-electron chi connectivity index (χ1n) is 32.7. The molecule has 0 saturated heterocycles. The Bertz CT molecular complexity index is 4840. The molecule has 3 aliphatic rings. The van der Waals surface area contributed by atoms with E-state index < -0.39 is 49.7 Å². The standard InChI is InChI=1S/C76H63N4OSi.Pt/c1-50-33-36-63-64-37-34-51(2)42-72(64)82(71(63)41-50)69-32-18-17-31-67(69)80(73-46-56(39-40-77-73)75(3,4)5)68-48-60(35-38-70(68)82)81-59-26-19-25-58(47-59)78-49-79(66-30-16-15-29-65(66)78)74-61(53-23-13-10-14-24-53)27-20-28-62(74)55-43-54(52-21-11-9-12-22-52)44-57(45-55)76(6,7)8;/h9-46,49H,1-8H3;/q-3;/i9D,10D,11D,12D,13D,14D,21D,22D,23D,24D;. The average Bonchev–Trinajstić information content (AvgIpc) is 1.52. The van der Waals surface area contributed by atoms with Gasteiger partial charge in [-0.05, 0) is 121 Å². The van der Waals surface area contributed by atoms with Gasteiger partial charge in [0.05, 0.1) is 13.7 Å². The van der Waals surface area contributed by atoms with Gasteiger partial charge in [0.2, 0.25) is 0 Å². The van der Waals surface area contributed by atoms with Gasteiger partial charge in [0.1, 0.15) is 13.9 Å². The summed E-state index contributed by atoms with van der Waals surface area (Å²) in [6.45, 7) is 19.0. The monoisotopic (exact) mass is 1280 g/mol. The van der Waals surface area contributed by atoms with Gasteiger partial charge < -0.3 is 19.4 Å². The first kappa shape index (κ1) is 43.2. The molecule has 410 valence electrons. The quantitative estimate of drug-likeness (QED) is 0.112. The molecule has 14 rings (SSSR count). The summed E-state index contributed by atoms with van der Waals surface area (Å²) in [5, 5.41) is 5.11. The van der Waals surface area contributed by atoms with Crippen LogP contribution in [0.15, 0.2) is 230 Å². The van der Waals surface area contributed by atoms with Crippen LogP contribution in [-0.2, 0) is 31.9 Å². The molecule has 1 spiro atoms. The predicted molar refractivity (Wildman–Crippen MR) is 344 cm³/mol. The molecule has 83 heavy (non-hydrogen) atoms. The molecule has 0 N–H and O–H groups in total. The fourth-order valence-electron chi connectivity index (χ4n) is 12.2. The topological polar surface area (TPSA) is 31.8 Å². The Hall–Kier alpha value is -8.54. The summed E-state index contributed by atoms with van der Waals surface area (Å²) in [6, 6.07) is 58.8. The van der Waals surface area contributed by atoms with E-state index in [9.17, 15) is 2.74 Å². The number of pyridine rings is 1. The molecule has 10 aromatic carbocycles. The number of para-hydroxylation sites is 4. The SMILES string of the molecule is [2H]c1c([2H])c([2H])c(-c2cc(-c3cccc(-c4c([2H])c([2H])c([2H])c([2H])c4[2H])c3N3[CH-]N(c4[c-]c(Oc5[c-]c6c(cc5)[Si]5(c7cc(C)ccc7-c7ccc(C)cc75)c5ccccc5N6c5cc(C(C)(C)C)ccn5)ccc4)c4ccccc43)cc(C(C)(C)C)c2)c([2H])c1[2H].[Pt]. The van der Waals surface area contributed by atoms with Crippen LogP contribution in [0.2, 0.25) is 0 Å². The number of aromatic nitrogens is 1.